The van der Waals surface area contributed by atoms with Crippen LogP contribution in [0.4, 0.5) is 5.69 Å². The van der Waals surface area contributed by atoms with Gasteiger partial charge in [0.15, 0.2) is 0 Å². The van der Waals surface area contributed by atoms with Crippen LogP contribution in [0.15, 0.2) is 78.9 Å². The number of rotatable bonds is 8. The number of hydrogen-bond acceptors (Lipinski definition) is 7. The van der Waals surface area contributed by atoms with Crippen LogP contribution in [0.1, 0.15) is 50.2 Å². The molecule has 248 valence electrons. The molecule has 11 heteroatoms. The van der Waals surface area contributed by atoms with Crippen LogP contribution in [0.2, 0.25) is 5.02 Å². The zero-order chi connectivity index (χ0) is 33.0. The number of amides is 3. The Labute approximate surface area is 279 Å². The van der Waals surface area contributed by atoms with E-state index in [9.17, 15) is 24.3 Å². The molecule has 2 aromatic carbocycles. The van der Waals surface area contributed by atoms with Crippen LogP contribution in [0.5, 0.6) is 0 Å². The topological polar surface area (TPSA) is 125 Å². The fraction of sp³-hybridized carbons (Fsp3) is 0.444. The number of carbonyl (C=O) groups is 4. The number of likely N-dealkylation sites (tertiary alicyclic amines) is 1. The van der Waals surface area contributed by atoms with Gasteiger partial charge < -0.3 is 29.7 Å². The lowest BCUT2D eigenvalue weighted by atomic mass is 9.78. The number of nitrogens with one attached hydrogen (secondary N) is 1. The molecule has 4 aliphatic heterocycles. The second-order valence-electron chi connectivity index (χ2n) is 12.4. The lowest BCUT2D eigenvalue weighted by Gasteiger charge is -2.35. The lowest BCUT2D eigenvalue weighted by molar-refractivity contribution is -0.159. The van der Waals surface area contributed by atoms with Crippen molar-refractivity contribution in [1.82, 2.24) is 10.2 Å². The molecule has 47 heavy (non-hydrogen) atoms. The fourth-order valence-corrected chi connectivity index (χ4v) is 7.52. The van der Waals surface area contributed by atoms with Gasteiger partial charge in [-0.25, -0.2) is 0 Å². The number of cyclic esters (lactones) is 1. The van der Waals surface area contributed by atoms with Crippen molar-refractivity contribution in [2.24, 2.45) is 11.8 Å². The lowest BCUT2D eigenvalue weighted by Crippen LogP contribution is -2.55. The van der Waals surface area contributed by atoms with Crippen LogP contribution in [-0.4, -0.2) is 77.7 Å². The van der Waals surface area contributed by atoms with E-state index in [1.165, 1.54) is 0 Å². The molecule has 2 aromatic rings. The second kappa shape index (κ2) is 14.4. The van der Waals surface area contributed by atoms with Gasteiger partial charge in [-0.2, -0.15) is 0 Å². The molecule has 4 heterocycles. The monoisotopic (exact) mass is 661 g/mol. The maximum Gasteiger partial charge on any atom is 0.313 e. The Morgan fingerprint density at radius 1 is 0.936 bits per heavy atom. The Bertz CT molecular complexity index is 1550. The van der Waals surface area contributed by atoms with Crippen LogP contribution in [0, 0.1) is 11.8 Å². The predicted molar refractivity (Wildman–Crippen MR) is 175 cm³/mol. The highest BCUT2D eigenvalue weighted by Gasteiger charge is 2.71. The molecule has 6 atom stereocenters. The van der Waals surface area contributed by atoms with Crippen LogP contribution >= 0.6 is 11.6 Å². The minimum absolute atomic E-state index is 0.0775. The highest BCUT2D eigenvalue weighted by molar-refractivity contribution is 6.34. The van der Waals surface area contributed by atoms with Crippen molar-refractivity contribution in [3.8, 4) is 0 Å². The van der Waals surface area contributed by atoms with E-state index < -0.39 is 41.7 Å². The molecule has 2 fully saturated rings. The summed E-state index contributed by atoms with van der Waals surface area (Å²) >= 11 is 6.56. The standard InChI is InChI=1S/C36H40ClN3O7/c37-25-15-6-7-16-26(25)39-21-12-19-36-31(33(43)40(32(36)34(39)44)20-10-1-2-11-22-41)30-27(47-36)17-8-9-18-29(42)38-23-28(46-35(30)45)24-13-4-3-5-14-24/h3-8,12-17,19,27-28,30-32,41H,1-2,9-11,18,20-23H2,(H,38,42)/b17-8-/t27-,28+,30+,31+,32-,36+/m1/s1. The van der Waals surface area contributed by atoms with Crippen molar-refractivity contribution in [3.63, 3.8) is 0 Å². The maximum atomic E-state index is 14.6. The van der Waals surface area contributed by atoms with E-state index in [0.717, 1.165) is 12.8 Å². The largest absolute Gasteiger partial charge is 0.455 e. The van der Waals surface area contributed by atoms with E-state index in [2.05, 4.69) is 5.32 Å². The molecule has 10 nitrogen and oxygen atoms in total. The first-order valence-electron chi connectivity index (χ1n) is 16.4. The SMILES string of the molecule is O=C1CC/C=C\[C@H]2O[C@]34C=CCN(c5ccccc5Cl)C(=O)[C@H]3N(CCCCCCO)C(=O)[C@@H]4[C@H]2C(=O)O[C@H](c2ccccc2)CN1. The van der Waals surface area contributed by atoms with Gasteiger partial charge in [-0.05, 0) is 37.0 Å². The Kier molecular flexibility index (Phi) is 10.1. The van der Waals surface area contributed by atoms with Gasteiger partial charge in [0.05, 0.1) is 29.3 Å². The van der Waals surface area contributed by atoms with Crippen molar-refractivity contribution >= 4 is 41.0 Å². The average molecular weight is 662 g/mol. The van der Waals surface area contributed by atoms with Gasteiger partial charge >= 0.3 is 5.97 Å². The molecule has 0 radical (unpaired) electrons. The van der Waals surface area contributed by atoms with Gasteiger partial charge in [-0.1, -0.05) is 91.2 Å². The second-order valence-corrected chi connectivity index (χ2v) is 12.8. The van der Waals surface area contributed by atoms with E-state index in [-0.39, 0.29) is 50.4 Å². The summed E-state index contributed by atoms with van der Waals surface area (Å²) in [6, 6.07) is 15.2. The quantitative estimate of drug-likeness (QED) is 0.248. The van der Waals surface area contributed by atoms with Crippen molar-refractivity contribution in [2.75, 3.05) is 31.1 Å². The molecule has 0 bridgehead atoms. The Balaban J connectivity index is 1.40. The first-order valence-corrected chi connectivity index (χ1v) is 16.7. The molecule has 3 amide bonds. The number of aliphatic hydroxyl groups is 1. The Morgan fingerprint density at radius 2 is 1.70 bits per heavy atom. The number of carbonyl (C=O) groups excluding carboxylic acids is 4. The third kappa shape index (κ3) is 6.46. The van der Waals surface area contributed by atoms with Crippen molar-refractivity contribution in [3.05, 3.63) is 89.5 Å². The molecular weight excluding hydrogens is 622 g/mol. The zero-order valence-electron chi connectivity index (χ0n) is 26.1. The summed E-state index contributed by atoms with van der Waals surface area (Å²) in [6.07, 6.45) is 8.90. The van der Waals surface area contributed by atoms with Crippen LogP contribution in [0.25, 0.3) is 0 Å². The first kappa shape index (κ1) is 32.9. The summed E-state index contributed by atoms with van der Waals surface area (Å²) in [7, 11) is 0. The third-order valence-electron chi connectivity index (χ3n) is 9.49. The maximum absolute atomic E-state index is 14.6. The summed E-state index contributed by atoms with van der Waals surface area (Å²) in [6.45, 7) is 0.656. The van der Waals surface area contributed by atoms with Crippen molar-refractivity contribution < 1.29 is 33.8 Å². The van der Waals surface area contributed by atoms with Crippen LogP contribution < -0.4 is 10.2 Å². The first-order chi connectivity index (χ1) is 22.9. The summed E-state index contributed by atoms with van der Waals surface area (Å²) in [5.74, 6) is -3.55. The fourth-order valence-electron chi connectivity index (χ4n) is 7.28. The van der Waals surface area contributed by atoms with Crippen molar-refractivity contribution in [2.45, 2.75) is 62.4 Å². The number of allylic oxidation sites excluding steroid dienone is 1. The highest BCUT2D eigenvalue weighted by atomic mass is 35.5. The predicted octanol–water partition coefficient (Wildman–Crippen LogP) is 4.13. The summed E-state index contributed by atoms with van der Waals surface area (Å²) < 4.78 is 12.9. The Morgan fingerprint density at radius 3 is 2.49 bits per heavy atom. The number of anilines is 1. The number of unbranched alkanes of at least 4 members (excludes halogenated alkanes) is 3. The molecule has 0 saturated carbocycles. The molecule has 0 aromatic heterocycles. The molecule has 4 aliphatic rings. The normalized spacial score (nSPS) is 30.0. The van der Waals surface area contributed by atoms with E-state index in [1.54, 1.807) is 52.3 Å². The molecule has 1 spiro atoms. The van der Waals surface area contributed by atoms with Gasteiger partial charge in [-0.15, -0.1) is 0 Å². The number of hydrogen-bond donors (Lipinski definition) is 2. The van der Waals surface area contributed by atoms with Gasteiger partial charge in [0, 0.05) is 26.1 Å². The number of halogens is 1. The number of aliphatic hydroxyl groups excluding tert-OH is 1. The average Bonchev–Trinajstić information content (AvgIpc) is 3.45. The molecule has 0 aliphatic carbocycles. The number of para-hydroxylation sites is 1. The van der Waals surface area contributed by atoms with Gasteiger partial charge in [0.1, 0.15) is 23.7 Å². The molecule has 0 unspecified atom stereocenters. The van der Waals surface area contributed by atoms with E-state index in [0.29, 0.717) is 35.5 Å². The van der Waals surface area contributed by atoms with Gasteiger partial charge in [0.25, 0.3) is 5.91 Å². The van der Waals surface area contributed by atoms with E-state index in [1.807, 2.05) is 36.4 Å². The smallest absolute Gasteiger partial charge is 0.313 e. The summed E-state index contributed by atoms with van der Waals surface area (Å²) in [5.41, 5.74) is -0.213. The van der Waals surface area contributed by atoms with Crippen molar-refractivity contribution in [1.29, 1.82) is 0 Å². The molecular formula is C36H40ClN3O7. The van der Waals surface area contributed by atoms with Crippen LogP contribution in [0.3, 0.4) is 0 Å². The molecule has 2 N–H and O–H groups in total. The minimum Gasteiger partial charge on any atom is -0.455 e. The number of benzene rings is 2. The zero-order valence-corrected chi connectivity index (χ0v) is 26.9. The molecule has 6 rings (SSSR count). The summed E-state index contributed by atoms with van der Waals surface area (Å²) in [4.78, 5) is 59.2. The minimum atomic E-state index is -1.44. The Hall–Kier alpha value is -3.99. The van der Waals surface area contributed by atoms with Gasteiger partial charge in [-0.3, -0.25) is 19.2 Å². The summed E-state index contributed by atoms with van der Waals surface area (Å²) in [5, 5.41) is 12.5. The van der Waals surface area contributed by atoms with Crippen LogP contribution in [-0.2, 0) is 28.7 Å². The number of esters is 1. The molecule has 2 saturated heterocycles. The van der Waals surface area contributed by atoms with Gasteiger partial charge in [0.2, 0.25) is 11.8 Å². The van der Waals surface area contributed by atoms with E-state index in [4.69, 9.17) is 21.1 Å². The highest BCUT2D eigenvalue weighted by Crippen LogP contribution is 2.53. The third-order valence-corrected chi connectivity index (χ3v) is 9.81. The van der Waals surface area contributed by atoms with E-state index >= 15 is 0 Å². The number of ether oxygens (including phenoxy) is 2. The number of fused-ring (bicyclic) bond motifs is 2. The number of nitrogens with zero attached hydrogens (tertiary/aromatic N) is 2.